The van der Waals surface area contributed by atoms with Crippen molar-refractivity contribution in [2.45, 2.75) is 12.1 Å². The first-order chi connectivity index (χ1) is 14.2. The average Bonchev–Trinajstić information content (AvgIpc) is 2.73. The number of ether oxygens (including phenoxy) is 2. The molecule has 3 aromatic rings. The number of pyridine rings is 1. The summed E-state index contributed by atoms with van der Waals surface area (Å²) in [6.07, 6.45) is 2.74. The Morgan fingerprint density at radius 3 is 2.20 bits per heavy atom. The average molecular weight is 438 g/mol. The number of para-hydroxylation sites is 2. The molecule has 1 aromatic heterocycles. The fraction of sp³-hybridized carbons (Fsp3) is 0.150. The van der Waals surface area contributed by atoms with Gasteiger partial charge < -0.3 is 9.47 Å². The topological polar surface area (TPSA) is 68.7 Å². The predicted octanol–water partition coefficient (Wildman–Crippen LogP) is 4.74. The number of anilines is 1. The van der Waals surface area contributed by atoms with E-state index in [1.807, 2.05) is 0 Å². The van der Waals surface area contributed by atoms with Gasteiger partial charge in [0.25, 0.3) is 0 Å². The lowest BCUT2D eigenvalue weighted by molar-refractivity contribution is -0.0438. The summed E-state index contributed by atoms with van der Waals surface area (Å²) in [6.45, 7) is -0.525. The third-order valence-corrected chi connectivity index (χ3v) is 5.56. The van der Waals surface area contributed by atoms with Gasteiger partial charge in [-0.25, -0.2) is 0 Å². The standard InChI is InChI=1S/C20H17F3N2O4S/c1-28-18-6-2-3-7-19(18)29-17-10-8-16(9-11-17)25(30(26,27)20(21,22)23)14-15-5-4-12-24-13-15/h2-13H,14H2,1H3. The number of aromatic nitrogens is 1. The van der Waals surface area contributed by atoms with Gasteiger partial charge in [0.1, 0.15) is 5.75 Å². The van der Waals surface area contributed by atoms with Gasteiger partial charge in [-0.1, -0.05) is 18.2 Å². The van der Waals surface area contributed by atoms with Gasteiger partial charge in [-0.05, 0) is 48.0 Å². The smallest absolute Gasteiger partial charge is 0.493 e. The number of hydrogen-bond donors (Lipinski definition) is 0. The molecule has 0 unspecified atom stereocenters. The minimum absolute atomic E-state index is 0.163. The van der Waals surface area contributed by atoms with Crippen molar-refractivity contribution in [1.29, 1.82) is 0 Å². The molecule has 0 aliphatic rings. The van der Waals surface area contributed by atoms with Crippen molar-refractivity contribution < 1.29 is 31.1 Å². The van der Waals surface area contributed by atoms with Crippen LogP contribution < -0.4 is 13.8 Å². The highest BCUT2D eigenvalue weighted by atomic mass is 32.2. The zero-order valence-corrected chi connectivity index (χ0v) is 16.5. The van der Waals surface area contributed by atoms with Gasteiger partial charge in [-0.3, -0.25) is 9.29 Å². The molecule has 0 aliphatic heterocycles. The van der Waals surface area contributed by atoms with Crippen LogP contribution in [0.1, 0.15) is 5.56 Å². The number of nitrogens with zero attached hydrogens (tertiary/aromatic N) is 2. The quantitative estimate of drug-likeness (QED) is 0.533. The molecular weight excluding hydrogens is 421 g/mol. The lowest BCUT2D eigenvalue weighted by atomic mass is 10.2. The van der Waals surface area contributed by atoms with Crippen LogP contribution in [0.2, 0.25) is 0 Å². The number of halogens is 3. The Bertz CT molecular complexity index is 1090. The second kappa shape index (κ2) is 8.62. The minimum Gasteiger partial charge on any atom is -0.493 e. The van der Waals surface area contributed by atoms with Crippen molar-refractivity contribution in [3.05, 3.63) is 78.6 Å². The fourth-order valence-electron chi connectivity index (χ4n) is 2.61. The molecule has 0 spiro atoms. The molecule has 1 heterocycles. The molecule has 6 nitrogen and oxygen atoms in total. The summed E-state index contributed by atoms with van der Waals surface area (Å²) in [4.78, 5) is 3.82. The number of alkyl halides is 3. The molecule has 10 heteroatoms. The maximum atomic E-state index is 13.2. The van der Waals surface area contributed by atoms with Crippen LogP contribution in [0.3, 0.4) is 0 Å². The molecule has 0 amide bonds. The first kappa shape index (κ1) is 21.4. The molecule has 0 aliphatic carbocycles. The third kappa shape index (κ3) is 4.65. The number of benzene rings is 2. The van der Waals surface area contributed by atoms with Gasteiger partial charge >= 0.3 is 15.5 Å². The zero-order valence-electron chi connectivity index (χ0n) is 15.7. The molecule has 30 heavy (non-hydrogen) atoms. The number of rotatable bonds is 7. The minimum atomic E-state index is -5.63. The largest absolute Gasteiger partial charge is 0.516 e. The van der Waals surface area contributed by atoms with Crippen molar-refractivity contribution in [3.8, 4) is 17.2 Å². The fourth-order valence-corrected chi connectivity index (χ4v) is 3.58. The molecule has 0 saturated heterocycles. The van der Waals surface area contributed by atoms with E-state index in [0.717, 1.165) is 0 Å². The Morgan fingerprint density at radius 1 is 0.967 bits per heavy atom. The van der Waals surface area contributed by atoms with Crippen molar-refractivity contribution in [2.75, 3.05) is 11.4 Å². The van der Waals surface area contributed by atoms with Crippen LogP contribution in [0.25, 0.3) is 0 Å². The van der Waals surface area contributed by atoms with Crippen molar-refractivity contribution in [2.24, 2.45) is 0 Å². The van der Waals surface area contributed by atoms with Gasteiger partial charge in [0.2, 0.25) is 0 Å². The van der Waals surface area contributed by atoms with Crippen molar-refractivity contribution in [1.82, 2.24) is 4.98 Å². The first-order valence-electron chi connectivity index (χ1n) is 8.61. The molecule has 0 fully saturated rings. The molecule has 0 radical (unpaired) electrons. The van der Waals surface area contributed by atoms with Crippen LogP contribution in [0.4, 0.5) is 18.9 Å². The maximum Gasteiger partial charge on any atom is 0.516 e. The van der Waals surface area contributed by atoms with E-state index >= 15 is 0 Å². The Hall–Kier alpha value is -3.27. The van der Waals surface area contributed by atoms with E-state index in [9.17, 15) is 21.6 Å². The Labute approximate surface area is 171 Å². The second-order valence-corrected chi connectivity index (χ2v) is 7.92. The van der Waals surface area contributed by atoms with Gasteiger partial charge in [0.15, 0.2) is 11.5 Å². The molecule has 3 rings (SSSR count). The number of hydrogen-bond acceptors (Lipinski definition) is 5. The van der Waals surface area contributed by atoms with E-state index in [2.05, 4.69) is 4.98 Å². The number of methoxy groups -OCH3 is 1. The zero-order chi connectivity index (χ0) is 21.8. The van der Waals surface area contributed by atoms with Gasteiger partial charge in [-0.2, -0.15) is 21.6 Å². The maximum absolute atomic E-state index is 13.2. The first-order valence-corrected chi connectivity index (χ1v) is 10.1. The molecule has 0 N–H and O–H groups in total. The van der Waals surface area contributed by atoms with Crippen LogP contribution in [-0.2, 0) is 16.6 Å². The molecular formula is C20H17F3N2O4S. The summed E-state index contributed by atoms with van der Waals surface area (Å²) in [6, 6.07) is 15.1. The van der Waals surface area contributed by atoms with Crippen LogP contribution in [-0.4, -0.2) is 26.0 Å². The highest BCUT2D eigenvalue weighted by Gasteiger charge is 2.50. The Balaban J connectivity index is 1.92. The summed E-state index contributed by atoms with van der Waals surface area (Å²) in [7, 11) is -4.15. The summed E-state index contributed by atoms with van der Waals surface area (Å²) in [5.74, 6) is 1.18. The highest BCUT2D eigenvalue weighted by Crippen LogP contribution is 2.35. The monoisotopic (exact) mass is 438 g/mol. The van der Waals surface area contributed by atoms with E-state index in [-0.39, 0.29) is 9.99 Å². The normalized spacial score (nSPS) is 11.7. The Kier molecular flexibility index (Phi) is 6.16. The third-order valence-electron chi connectivity index (χ3n) is 4.05. The molecule has 2 aromatic carbocycles. The lowest BCUT2D eigenvalue weighted by Crippen LogP contribution is -2.40. The van der Waals surface area contributed by atoms with E-state index < -0.39 is 22.1 Å². The summed E-state index contributed by atoms with van der Waals surface area (Å²) >= 11 is 0. The predicted molar refractivity (Wildman–Crippen MR) is 105 cm³/mol. The van der Waals surface area contributed by atoms with Gasteiger partial charge in [-0.15, -0.1) is 0 Å². The van der Waals surface area contributed by atoms with Crippen molar-refractivity contribution >= 4 is 15.7 Å². The summed E-state index contributed by atoms with van der Waals surface area (Å²) < 4.78 is 75.2. The molecule has 0 saturated carbocycles. The van der Waals surface area contributed by atoms with E-state index in [4.69, 9.17) is 9.47 Å². The molecule has 0 bridgehead atoms. The molecule has 0 atom stereocenters. The summed E-state index contributed by atoms with van der Waals surface area (Å²) in [5, 5.41) is 0. The van der Waals surface area contributed by atoms with Crippen molar-refractivity contribution in [3.63, 3.8) is 0 Å². The lowest BCUT2D eigenvalue weighted by Gasteiger charge is -2.25. The van der Waals surface area contributed by atoms with Crippen LogP contribution in [0.15, 0.2) is 73.1 Å². The molecule has 158 valence electrons. The van der Waals surface area contributed by atoms with Gasteiger partial charge in [0.05, 0.1) is 19.3 Å². The van der Waals surface area contributed by atoms with Crippen LogP contribution in [0, 0.1) is 0 Å². The Morgan fingerprint density at radius 2 is 1.63 bits per heavy atom. The number of sulfonamides is 1. The van der Waals surface area contributed by atoms with Gasteiger partial charge in [0, 0.05) is 12.4 Å². The van der Waals surface area contributed by atoms with Crippen LogP contribution >= 0.6 is 0 Å². The summed E-state index contributed by atoms with van der Waals surface area (Å²) in [5.41, 5.74) is -5.31. The SMILES string of the molecule is COc1ccccc1Oc1ccc(N(Cc2cccnc2)S(=O)(=O)C(F)(F)F)cc1. The highest BCUT2D eigenvalue weighted by molar-refractivity contribution is 7.93. The van der Waals surface area contributed by atoms with E-state index in [1.165, 1.54) is 55.9 Å². The van der Waals surface area contributed by atoms with Crippen LogP contribution in [0.5, 0.6) is 17.2 Å². The van der Waals surface area contributed by atoms with E-state index in [0.29, 0.717) is 22.8 Å². The van der Waals surface area contributed by atoms with E-state index in [1.54, 1.807) is 24.3 Å². The second-order valence-electron chi connectivity index (χ2n) is 6.07.